The first-order chi connectivity index (χ1) is 8.72. The molecule has 5 nitrogen and oxygen atoms in total. The number of hydrogen-bond acceptors (Lipinski definition) is 4. The highest BCUT2D eigenvalue weighted by Crippen LogP contribution is 2.17. The minimum Gasteiger partial charge on any atom is -0.380 e. The van der Waals surface area contributed by atoms with E-state index < -0.39 is 0 Å². The lowest BCUT2D eigenvalue weighted by atomic mass is 10.1. The SMILES string of the molecule is CCn1ncc(NCC2CCCCO2)c(Cl)c1=O. The Morgan fingerprint density at radius 1 is 1.61 bits per heavy atom. The van der Waals surface area contributed by atoms with Crippen LogP contribution in [-0.4, -0.2) is 29.0 Å². The summed E-state index contributed by atoms with van der Waals surface area (Å²) in [5, 5.41) is 7.38. The summed E-state index contributed by atoms with van der Waals surface area (Å²) < 4.78 is 6.94. The molecule has 1 atom stereocenters. The van der Waals surface area contributed by atoms with E-state index in [9.17, 15) is 4.79 Å². The van der Waals surface area contributed by atoms with Crippen LogP contribution >= 0.6 is 11.6 Å². The van der Waals surface area contributed by atoms with Crippen molar-refractivity contribution in [3.63, 3.8) is 0 Å². The summed E-state index contributed by atoms with van der Waals surface area (Å²) in [7, 11) is 0. The number of ether oxygens (including phenoxy) is 1. The molecule has 100 valence electrons. The van der Waals surface area contributed by atoms with Gasteiger partial charge in [-0.3, -0.25) is 4.79 Å². The van der Waals surface area contributed by atoms with Crippen molar-refractivity contribution in [2.75, 3.05) is 18.5 Å². The molecule has 18 heavy (non-hydrogen) atoms. The van der Waals surface area contributed by atoms with Gasteiger partial charge in [0.1, 0.15) is 5.02 Å². The number of anilines is 1. The van der Waals surface area contributed by atoms with Crippen molar-refractivity contribution in [1.82, 2.24) is 9.78 Å². The van der Waals surface area contributed by atoms with Crippen LogP contribution in [0.2, 0.25) is 5.02 Å². The van der Waals surface area contributed by atoms with Crippen LogP contribution in [0.4, 0.5) is 5.69 Å². The van der Waals surface area contributed by atoms with Gasteiger partial charge in [0, 0.05) is 19.7 Å². The van der Waals surface area contributed by atoms with Gasteiger partial charge in [-0.15, -0.1) is 0 Å². The van der Waals surface area contributed by atoms with Crippen LogP contribution in [0.25, 0.3) is 0 Å². The molecule has 1 unspecified atom stereocenters. The van der Waals surface area contributed by atoms with Gasteiger partial charge < -0.3 is 10.1 Å². The van der Waals surface area contributed by atoms with Gasteiger partial charge in [-0.1, -0.05) is 11.6 Å². The molecular formula is C12H18ClN3O2. The van der Waals surface area contributed by atoms with Crippen molar-refractivity contribution in [3.8, 4) is 0 Å². The number of nitrogens with one attached hydrogen (secondary N) is 1. The highest BCUT2D eigenvalue weighted by atomic mass is 35.5. The molecule has 0 amide bonds. The Labute approximate surface area is 111 Å². The zero-order valence-electron chi connectivity index (χ0n) is 10.5. The number of aryl methyl sites for hydroxylation is 1. The molecule has 1 fully saturated rings. The zero-order valence-corrected chi connectivity index (χ0v) is 11.2. The lowest BCUT2D eigenvalue weighted by molar-refractivity contribution is 0.0247. The maximum atomic E-state index is 11.8. The summed E-state index contributed by atoms with van der Waals surface area (Å²) >= 11 is 6.02. The van der Waals surface area contributed by atoms with Crippen molar-refractivity contribution in [2.24, 2.45) is 0 Å². The molecule has 0 aliphatic carbocycles. The Kier molecular flexibility index (Phi) is 4.60. The van der Waals surface area contributed by atoms with E-state index in [4.69, 9.17) is 16.3 Å². The third kappa shape index (κ3) is 3.03. The maximum Gasteiger partial charge on any atom is 0.287 e. The molecule has 0 saturated carbocycles. The Morgan fingerprint density at radius 3 is 3.11 bits per heavy atom. The predicted octanol–water partition coefficient (Wildman–Crippen LogP) is 1.90. The molecular weight excluding hydrogens is 254 g/mol. The average Bonchev–Trinajstić information content (AvgIpc) is 2.42. The second kappa shape index (κ2) is 6.20. The lowest BCUT2D eigenvalue weighted by Crippen LogP contribution is -2.28. The minimum absolute atomic E-state index is 0.197. The topological polar surface area (TPSA) is 56.1 Å². The summed E-state index contributed by atoms with van der Waals surface area (Å²) in [4.78, 5) is 11.8. The largest absolute Gasteiger partial charge is 0.380 e. The molecule has 0 aromatic carbocycles. The molecule has 2 heterocycles. The van der Waals surface area contributed by atoms with Crippen molar-refractivity contribution in [3.05, 3.63) is 21.6 Å². The van der Waals surface area contributed by atoms with Crippen molar-refractivity contribution < 1.29 is 4.74 Å². The average molecular weight is 272 g/mol. The Morgan fingerprint density at radius 2 is 2.44 bits per heavy atom. The Balaban J connectivity index is 2.01. The molecule has 1 aliphatic rings. The number of nitrogens with zero attached hydrogens (tertiary/aromatic N) is 2. The fourth-order valence-corrected chi connectivity index (χ4v) is 2.22. The Hall–Kier alpha value is -1.07. The van der Waals surface area contributed by atoms with Gasteiger partial charge in [-0.2, -0.15) is 5.10 Å². The van der Waals surface area contributed by atoms with Gasteiger partial charge in [-0.05, 0) is 26.2 Å². The van der Waals surface area contributed by atoms with E-state index in [1.165, 1.54) is 11.1 Å². The lowest BCUT2D eigenvalue weighted by Gasteiger charge is -2.23. The summed E-state index contributed by atoms with van der Waals surface area (Å²) in [5.74, 6) is 0. The van der Waals surface area contributed by atoms with Crippen LogP contribution in [0, 0.1) is 0 Å². The summed E-state index contributed by atoms with van der Waals surface area (Å²) in [6.45, 7) is 3.85. The fourth-order valence-electron chi connectivity index (χ4n) is 2.01. The number of hydrogen-bond donors (Lipinski definition) is 1. The second-order valence-electron chi connectivity index (χ2n) is 4.36. The van der Waals surface area contributed by atoms with Gasteiger partial charge in [0.2, 0.25) is 0 Å². The molecule has 6 heteroatoms. The summed E-state index contributed by atoms with van der Waals surface area (Å²) in [5.41, 5.74) is 0.328. The molecule has 1 aliphatic heterocycles. The van der Waals surface area contributed by atoms with E-state index >= 15 is 0 Å². The van der Waals surface area contributed by atoms with Gasteiger partial charge in [0.25, 0.3) is 5.56 Å². The third-order valence-corrected chi connectivity index (χ3v) is 3.44. The van der Waals surface area contributed by atoms with Crippen molar-refractivity contribution in [1.29, 1.82) is 0 Å². The third-order valence-electron chi connectivity index (χ3n) is 3.08. The number of rotatable bonds is 4. The van der Waals surface area contributed by atoms with E-state index in [1.807, 2.05) is 6.92 Å². The first-order valence-electron chi connectivity index (χ1n) is 6.33. The molecule has 0 bridgehead atoms. The normalized spacial score (nSPS) is 19.8. The standard InChI is InChI=1S/C12H18ClN3O2/c1-2-16-12(17)11(13)10(8-15-16)14-7-9-5-3-4-6-18-9/h8-9,14H,2-7H2,1H3. The molecule has 0 radical (unpaired) electrons. The molecule has 1 aromatic heterocycles. The Bertz CT molecular complexity index is 455. The van der Waals surface area contributed by atoms with Gasteiger partial charge in [0.05, 0.1) is 18.0 Å². The van der Waals surface area contributed by atoms with E-state index in [0.717, 1.165) is 19.4 Å². The van der Waals surface area contributed by atoms with Crippen LogP contribution < -0.4 is 10.9 Å². The summed E-state index contributed by atoms with van der Waals surface area (Å²) in [6.07, 6.45) is 5.16. The second-order valence-corrected chi connectivity index (χ2v) is 4.74. The molecule has 0 spiro atoms. The predicted molar refractivity (Wildman–Crippen MR) is 71.3 cm³/mol. The van der Waals surface area contributed by atoms with Gasteiger partial charge >= 0.3 is 0 Å². The van der Waals surface area contributed by atoms with Crippen LogP contribution in [-0.2, 0) is 11.3 Å². The van der Waals surface area contributed by atoms with Crippen molar-refractivity contribution >= 4 is 17.3 Å². The van der Waals surface area contributed by atoms with Crippen LogP contribution in [0.15, 0.2) is 11.0 Å². The highest BCUT2D eigenvalue weighted by molar-refractivity contribution is 6.32. The number of halogens is 1. The van der Waals surface area contributed by atoms with E-state index in [0.29, 0.717) is 18.8 Å². The zero-order chi connectivity index (χ0) is 13.0. The monoisotopic (exact) mass is 271 g/mol. The first kappa shape index (κ1) is 13.4. The van der Waals surface area contributed by atoms with Gasteiger partial charge in [0.15, 0.2) is 0 Å². The molecule has 1 aromatic rings. The van der Waals surface area contributed by atoms with Crippen LogP contribution in [0.3, 0.4) is 0 Å². The van der Waals surface area contributed by atoms with Crippen LogP contribution in [0.1, 0.15) is 26.2 Å². The molecule has 2 rings (SSSR count). The smallest absolute Gasteiger partial charge is 0.287 e. The van der Waals surface area contributed by atoms with Gasteiger partial charge in [-0.25, -0.2) is 4.68 Å². The van der Waals surface area contributed by atoms with E-state index in [2.05, 4.69) is 10.4 Å². The van der Waals surface area contributed by atoms with E-state index in [-0.39, 0.29) is 16.7 Å². The van der Waals surface area contributed by atoms with Crippen LogP contribution in [0.5, 0.6) is 0 Å². The van der Waals surface area contributed by atoms with E-state index in [1.54, 1.807) is 6.20 Å². The fraction of sp³-hybridized carbons (Fsp3) is 0.667. The summed E-state index contributed by atoms with van der Waals surface area (Å²) in [6, 6.07) is 0. The molecule has 1 N–H and O–H groups in total. The van der Waals surface area contributed by atoms with Crippen molar-refractivity contribution in [2.45, 2.75) is 38.8 Å². The highest BCUT2D eigenvalue weighted by Gasteiger charge is 2.15. The number of aromatic nitrogens is 2. The molecule has 1 saturated heterocycles. The first-order valence-corrected chi connectivity index (χ1v) is 6.71. The minimum atomic E-state index is -0.256. The maximum absolute atomic E-state index is 11.8. The quantitative estimate of drug-likeness (QED) is 0.909.